The minimum Gasteiger partial charge on any atom is -0.339 e. The van der Waals surface area contributed by atoms with Gasteiger partial charge in [-0.1, -0.05) is 32.0 Å². The minimum absolute atomic E-state index is 0.0955. The molecule has 2 aromatic rings. The van der Waals surface area contributed by atoms with Crippen molar-refractivity contribution in [1.82, 2.24) is 9.80 Å². The number of para-hydroxylation sites is 1. The summed E-state index contributed by atoms with van der Waals surface area (Å²) >= 11 is 0. The fourth-order valence-electron chi connectivity index (χ4n) is 3.46. The smallest absolute Gasteiger partial charge is 0.262 e. The molecule has 1 N–H and O–H groups in total. The number of halogens is 1. The molecule has 1 saturated heterocycles. The molecule has 3 rings (SSSR count). The van der Waals surface area contributed by atoms with Gasteiger partial charge in [0.25, 0.3) is 15.9 Å². The molecule has 172 valence electrons. The van der Waals surface area contributed by atoms with E-state index in [0.29, 0.717) is 38.5 Å². The largest absolute Gasteiger partial charge is 0.339 e. The van der Waals surface area contributed by atoms with E-state index in [0.717, 1.165) is 12.5 Å². The van der Waals surface area contributed by atoms with Crippen LogP contribution in [0.15, 0.2) is 53.4 Å². The van der Waals surface area contributed by atoms with Crippen LogP contribution in [-0.2, 0) is 14.8 Å². The number of carbonyl (C=O) groups excluding carboxylic acids is 2. The van der Waals surface area contributed by atoms with Crippen LogP contribution in [0, 0.1) is 11.7 Å². The zero-order valence-electron chi connectivity index (χ0n) is 18.3. The fourth-order valence-corrected chi connectivity index (χ4v) is 4.57. The van der Waals surface area contributed by atoms with Crippen molar-refractivity contribution in [2.75, 3.05) is 30.9 Å². The van der Waals surface area contributed by atoms with Crippen LogP contribution in [0.4, 0.5) is 10.1 Å². The van der Waals surface area contributed by atoms with Crippen molar-refractivity contribution in [3.63, 3.8) is 0 Å². The number of amides is 2. The second-order valence-corrected chi connectivity index (χ2v) is 9.90. The number of sulfonamides is 1. The molecule has 0 aromatic heterocycles. The van der Waals surface area contributed by atoms with Crippen molar-refractivity contribution < 1.29 is 22.4 Å². The second-order valence-electron chi connectivity index (χ2n) is 8.22. The number of carbonyl (C=O) groups is 2. The first-order valence-corrected chi connectivity index (χ1v) is 12.1. The number of nitrogens with zero attached hydrogens (tertiary/aromatic N) is 2. The highest BCUT2D eigenvalue weighted by atomic mass is 32.2. The molecule has 0 atom stereocenters. The first-order valence-electron chi connectivity index (χ1n) is 10.6. The van der Waals surface area contributed by atoms with Gasteiger partial charge in [0.2, 0.25) is 5.91 Å². The molecule has 0 aliphatic carbocycles. The Labute approximate surface area is 188 Å². The maximum atomic E-state index is 13.8. The molecule has 2 aromatic carbocycles. The number of hydrogen-bond donors (Lipinski definition) is 1. The standard InChI is InChI=1S/C23H28FN3O4S/c1-17(2)10-11-22(28)26-12-14-27(15-13-26)23(29)18-6-5-7-19(16-18)32(30,31)25-21-9-4-3-8-20(21)24/h3-9,16-17,25H,10-15H2,1-2H3. The molecule has 0 saturated carbocycles. The van der Waals surface area contributed by atoms with E-state index in [9.17, 15) is 22.4 Å². The summed E-state index contributed by atoms with van der Waals surface area (Å²) in [7, 11) is -4.07. The zero-order valence-corrected chi connectivity index (χ0v) is 19.1. The van der Waals surface area contributed by atoms with E-state index in [2.05, 4.69) is 18.6 Å². The maximum absolute atomic E-state index is 13.8. The average molecular weight is 462 g/mol. The number of benzene rings is 2. The third-order valence-corrected chi connectivity index (χ3v) is 6.73. The quantitative estimate of drug-likeness (QED) is 0.685. The lowest BCUT2D eigenvalue weighted by molar-refractivity contribution is -0.132. The van der Waals surface area contributed by atoms with E-state index in [1.807, 2.05) is 0 Å². The van der Waals surface area contributed by atoms with Gasteiger partial charge in [-0.2, -0.15) is 0 Å². The first-order chi connectivity index (χ1) is 15.2. The molecule has 32 heavy (non-hydrogen) atoms. The molecule has 9 heteroatoms. The Balaban J connectivity index is 1.66. The summed E-state index contributed by atoms with van der Waals surface area (Å²) < 4.78 is 41.4. The van der Waals surface area contributed by atoms with Gasteiger partial charge in [0.15, 0.2) is 0 Å². The van der Waals surface area contributed by atoms with Gasteiger partial charge in [-0.3, -0.25) is 14.3 Å². The molecule has 2 amide bonds. The van der Waals surface area contributed by atoms with E-state index < -0.39 is 15.8 Å². The molecule has 0 unspecified atom stereocenters. The highest BCUT2D eigenvalue weighted by molar-refractivity contribution is 7.92. The monoisotopic (exact) mass is 461 g/mol. The first kappa shape index (κ1) is 23.7. The molecule has 1 heterocycles. The highest BCUT2D eigenvalue weighted by Gasteiger charge is 2.26. The lowest BCUT2D eigenvalue weighted by atomic mass is 10.1. The summed E-state index contributed by atoms with van der Waals surface area (Å²) in [5, 5.41) is 0. The molecule has 0 radical (unpaired) electrons. The number of hydrogen-bond acceptors (Lipinski definition) is 4. The van der Waals surface area contributed by atoms with Crippen LogP contribution in [0.5, 0.6) is 0 Å². The average Bonchev–Trinajstić information content (AvgIpc) is 2.78. The van der Waals surface area contributed by atoms with Crippen molar-refractivity contribution >= 4 is 27.5 Å². The van der Waals surface area contributed by atoms with Crippen LogP contribution < -0.4 is 4.72 Å². The van der Waals surface area contributed by atoms with Crippen LogP contribution in [0.2, 0.25) is 0 Å². The number of anilines is 1. The van der Waals surface area contributed by atoms with Gasteiger partial charge in [0, 0.05) is 38.2 Å². The predicted octanol–water partition coefficient (Wildman–Crippen LogP) is 3.35. The Bertz CT molecular complexity index is 1080. The van der Waals surface area contributed by atoms with E-state index in [1.165, 1.54) is 36.4 Å². The van der Waals surface area contributed by atoms with Gasteiger partial charge in [0.1, 0.15) is 5.82 Å². The van der Waals surface area contributed by atoms with E-state index in [4.69, 9.17) is 0 Å². The molecular weight excluding hydrogens is 433 g/mol. The van der Waals surface area contributed by atoms with Crippen LogP contribution in [-0.4, -0.2) is 56.2 Å². The lowest BCUT2D eigenvalue weighted by Gasteiger charge is -2.35. The van der Waals surface area contributed by atoms with Crippen molar-refractivity contribution in [2.45, 2.75) is 31.6 Å². The van der Waals surface area contributed by atoms with Crippen LogP contribution >= 0.6 is 0 Å². The van der Waals surface area contributed by atoms with Gasteiger partial charge in [-0.15, -0.1) is 0 Å². The molecular formula is C23H28FN3O4S. The number of rotatable bonds is 7. The lowest BCUT2D eigenvalue weighted by Crippen LogP contribution is -2.50. The van der Waals surface area contributed by atoms with Crippen molar-refractivity contribution in [3.05, 3.63) is 59.9 Å². The van der Waals surface area contributed by atoms with E-state index >= 15 is 0 Å². The Kier molecular flexibility index (Phi) is 7.50. The van der Waals surface area contributed by atoms with Crippen LogP contribution in [0.1, 0.15) is 37.0 Å². The van der Waals surface area contributed by atoms with Crippen molar-refractivity contribution in [3.8, 4) is 0 Å². The van der Waals surface area contributed by atoms with Gasteiger partial charge in [-0.25, -0.2) is 12.8 Å². The second kappa shape index (κ2) is 10.1. The van der Waals surface area contributed by atoms with Crippen molar-refractivity contribution in [2.24, 2.45) is 5.92 Å². The molecule has 0 spiro atoms. The van der Waals surface area contributed by atoms with Gasteiger partial charge < -0.3 is 9.80 Å². The SMILES string of the molecule is CC(C)CCC(=O)N1CCN(C(=O)c2cccc(S(=O)(=O)Nc3ccccc3F)c2)CC1. The molecule has 1 aliphatic rings. The summed E-state index contributed by atoms with van der Waals surface area (Å²) in [6.45, 7) is 5.83. The van der Waals surface area contributed by atoms with Gasteiger partial charge >= 0.3 is 0 Å². The number of nitrogens with one attached hydrogen (secondary N) is 1. The van der Waals surface area contributed by atoms with Crippen LogP contribution in [0.25, 0.3) is 0 Å². The molecule has 0 bridgehead atoms. The summed E-state index contributed by atoms with van der Waals surface area (Å²) in [5.74, 6) is -0.442. The maximum Gasteiger partial charge on any atom is 0.262 e. The Morgan fingerprint density at radius 3 is 2.31 bits per heavy atom. The third-order valence-electron chi connectivity index (χ3n) is 5.36. The Hall–Kier alpha value is -2.94. The normalized spacial score (nSPS) is 14.5. The molecule has 7 nitrogen and oxygen atoms in total. The zero-order chi connectivity index (χ0) is 23.3. The summed E-state index contributed by atoms with van der Waals surface area (Å²) in [6.07, 6.45) is 1.33. The summed E-state index contributed by atoms with van der Waals surface area (Å²) in [5.41, 5.74) is 0.0588. The predicted molar refractivity (Wildman–Crippen MR) is 120 cm³/mol. The van der Waals surface area contributed by atoms with Gasteiger partial charge in [0.05, 0.1) is 10.6 Å². The summed E-state index contributed by atoms with van der Waals surface area (Å²) in [4.78, 5) is 28.5. The topological polar surface area (TPSA) is 86.8 Å². The van der Waals surface area contributed by atoms with Crippen molar-refractivity contribution in [1.29, 1.82) is 0 Å². The fraction of sp³-hybridized carbons (Fsp3) is 0.391. The van der Waals surface area contributed by atoms with Gasteiger partial charge in [-0.05, 0) is 42.7 Å². The number of piperazine rings is 1. The Morgan fingerprint density at radius 2 is 1.66 bits per heavy atom. The Morgan fingerprint density at radius 1 is 1.00 bits per heavy atom. The van der Waals surface area contributed by atoms with E-state index in [1.54, 1.807) is 15.9 Å². The van der Waals surface area contributed by atoms with Crippen LogP contribution in [0.3, 0.4) is 0 Å². The third kappa shape index (κ3) is 5.85. The molecule has 1 aliphatic heterocycles. The highest BCUT2D eigenvalue weighted by Crippen LogP contribution is 2.20. The molecule has 1 fully saturated rings. The van der Waals surface area contributed by atoms with E-state index in [-0.39, 0.29) is 28.0 Å². The summed E-state index contributed by atoms with van der Waals surface area (Å²) in [6, 6.07) is 11.1. The minimum atomic E-state index is -4.07.